The van der Waals surface area contributed by atoms with Gasteiger partial charge in [0.1, 0.15) is 0 Å². The molecule has 1 aliphatic rings. The highest BCUT2D eigenvalue weighted by molar-refractivity contribution is 7.19. The quantitative estimate of drug-likeness (QED) is 0.779. The Bertz CT molecular complexity index is 671. The lowest BCUT2D eigenvalue weighted by molar-refractivity contribution is 0.00578. The molecule has 4 heteroatoms. The van der Waals surface area contributed by atoms with E-state index < -0.39 is 0 Å². The van der Waals surface area contributed by atoms with Gasteiger partial charge in [0.05, 0.1) is 11.2 Å². The highest BCUT2D eigenvalue weighted by Crippen LogP contribution is 2.37. The second-order valence-corrected chi connectivity index (χ2v) is 8.05. The van der Waals surface area contributed by atoms with Crippen molar-refractivity contribution in [1.29, 1.82) is 0 Å². The average molecular weight is 302 g/mol. The smallest absolute Gasteiger partial charge is 0.399 e. The SMILES string of the molecule is CCc1cc2cc(B3OC(C)(C)C(C)(C)O3)cc(C)c2s1. The van der Waals surface area contributed by atoms with Crippen LogP contribution in [0.2, 0.25) is 0 Å². The summed E-state index contributed by atoms with van der Waals surface area (Å²) in [6.45, 7) is 12.8. The van der Waals surface area contributed by atoms with E-state index in [4.69, 9.17) is 9.31 Å². The minimum absolute atomic E-state index is 0.275. The maximum atomic E-state index is 6.17. The van der Waals surface area contributed by atoms with E-state index in [0.29, 0.717) is 0 Å². The van der Waals surface area contributed by atoms with Crippen molar-refractivity contribution < 1.29 is 9.31 Å². The zero-order valence-electron chi connectivity index (χ0n) is 13.7. The van der Waals surface area contributed by atoms with E-state index in [1.807, 2.05) is 11.3 Å². The highest BCUT2D eigenvalue weighted by atomic mass is 32.1. The van der Waals surface area contributed by atoms with E-state index in [2.05, 4.69) is 59.7 Å². The van der Waals surface area contributed by atoms with Crippen LogP contribution in [0, 0.1) is 6.92 Å². The molecule has 2 aromatic rings. The van der Waals surface area contributed by atoms with Crippen LogP contribution in [0.5, 0.6) is 0 Å². The number of benzene rings is 1. The number of hydrogen-bond acceptors (Lipinski definition) is 3. The summed E-state index contributed by atoms with van der Waals surface area (Å²) in [5.74, 6) is 0. The minimum Gasteiger partial charge on any atom is -0.399 e. The Morgan fingerprint density at radius 2 is 1.67 bits per heavy atom. The van der Waals surface area contributed by atoms with Crippen molar-refractivity contribution in [1.82, 2.24) is 0 Å². The fourth-order valence-electron chi connectivity index (χ4n) is 2.70. The van der Waals surface area contributed by atoms with Gasteiger partial charge in [0.25, 0.3) is 0 Å². The molecule has 0 spiro atoms. The van der Waals surface area contributed by atoms with Crippen molar-refractivity contribution in [3.63, 3.8) is 0 Å². The lowest BCUT2D eigenvalue weighted by Crippen LogP contribution is -2.41. The van der Waals surface area contributed by atoms with Gasteiger partial charge >= 0.3 is 7.12 Å². The van der Waals surface area contributed by atoms with Gasteiger partial charge in [-0.1, -0.05) is 19.1 Å². The van der Waals surface area contributed by atoms with Crippen LogP contribution >= 0.6 is 11.3 Å². The normalized spacial score (nSPS) is 20.4. The van der Waals surface area contributed by atoms with Crippen molar-refractivity contribution in [3.05, 3.63) is 28.6 Å². The molecule has 0 N–H and O–H groups in total. The molecule has 1 aromatic heterocycles. The van der Waals surface area contributed by atoms with Gasteiger partial charge in [0, 0.05) is 9.58 Å². The third kappa shape index (κ3) is 2.43. The third-order valence-electron chi connectivity index (χ3n) is 4.75. The molecule has 0 aliphatic carbocycles. The first-order chi connectivity index (χ1) is 9.73. The second kappa shape index (κ2) is 4.84. The molecule has 0 bridgehead atoms. The minimum atomic E-state index is -0.288. The van der Waals surface area contributed by atoms with Crippen LogP contribution < -0.4 is 5.46 Å². The Morgan fingerprint density at radius 3 is 2.24 bits per heavy atom. The van der Waals surface area contributed by atoms with Gasteiger partial charge in [-0.25, -0.2) is 0 Å². The number of thiophene rings is 1. The van der Waals surface area contributed by atoms with E-state index in [0.717, 1.165) is 11.9 Å². The van der Waals surface area contributed by atoms with Gasteiger partial charge in [-0.3, -0.25) is 0 Å². The lowest BCUT2D eigenvalue weighted by atomic mass is 9.78. The molecule has 21 heavy (non-hydrogen) atoms. The molecule has 2 heterocycles. The van der Waals surface area contributed by atoms with Crippen molar-refractivity contribution in [2.45, 2.75) is 59.2 Å². The summed E-state index contributed by atoms with van der Waals surface area (Å²) >= 11 is 1.89. The molecule has 0 unspecified atom stereocenters. The van der Waals surface area contributed by atoms with Crippen LogP contribution in [0.1, 0.15) is 45.1 Å². The molecule has 0 radical (unpaired) electrons. The van der Waals surface area contributed by atoms with E-state index in [-0.39, 0.29) is 18.3 Å². The van der Waals surface area contributed by atoms with E-state index in [1.165, 1.54) is 20.5 Å². The van der Waals surface area contributed by atoms with Crippen molar-refractivity contribution in [3.8, 4) is 0 Å². The molecule has 0 amide bonds. The monoisotopic (exact) mass is 302 g/mol. The topological polar surface area (TPSA) is 18.5 Å². The molecule has 1 fully saturated rings. The molecule has 0 atom stereocenters. The summed E-state index contributed by atoms with van der Waals surface area (Å²) in [7, 11) is -0.275. The van der Waals surface area contributed by atoms with Crippen LogP contribution in [0.25, 0.3) is 10.1 Å². The Kier molecular flexibility index (Phi) is 3.47. The lowest BCUT2D eigenvalue weighted by Gasteiger charge is -2.32. The average Bonchev–Trinajstić information content (AvgIpc) is 2.89. The predicted molar refractivity (Wildman–Crippen MR) is 91.7 cm³/mol. The fraction of sp³-hybridized carbons (Fsp3) is 0.529. The Hall–Kier alpha value is -0.835. The van der Waals surface area contributed by atoms with Crippen molar-refractivity contribution >= 4 is 34.0 Å². The van der Waals surface area contributed by atoms with E-state index in [9.17, 15) is 0 Å². The summed E-state index contributed by atoms with van der Waals surface area (Å²) in [5, 5.41) is 1.31. The summed E-state index contributed by atoms with van der Waals surface area (Å²) < 4.78 is 13.7. The molecule has 0 saturated carbocycles. The van der Waals surface area contributed by atoms with E-state index >= 15 is 0 Å². The largest absolute Gasteiger partial charge is 0.494 e. The zero-order valence-corrected chi connectivity index (χ0v) is 14.6. The summed E-state index contributed by atoms with van der Waals surface area (Å²) in [5.41, 5.74) is 1.86. The molecule has 3 rings (SSSR count). The molecule has 2 nitrogen and oxygen atoms in total. The summed E-state index contributed by atoms with van der Waals surface area (Å²) in [4.78, 5) is 1.43. The van der Waals surface area contributed by atoms with Gasteiger partial charge in [0.2, 0.25) is 0 Å². The second-order valence-electron chi connectivity index (χ2n) is 6.91. The van der Waals surface area contributed by atoms with E-state index in [1.54, 1.807) is 0 Å². The number of fused-ring (bicyclic) bond motifs is 1. The first kappa shape index (κ1) is 15.1. The number of aryl methyl sites for hydroxylation is 2. The molecule has 1 aromatic carbocycles. The Balaban J connectivity index is 2.02. The molecule has 1 aliphatic heterocycles. The first-order valence-electron chi connectivity index (χ1n) is 7.62. The predicted octanol–water partition coefficient (Wildman–Crippen LogP) is 4.07. The summed E-state index contributed by atoms with van der Waals surface area (Å²) in [6.07, 6.45) is 1.09. The maximum Gasteiger partial charge on any atom is 0.494 e. The molecular formula is C17H23BO2S. The molecule has 112 valence electrons. The van der Waals surface area contributed by atoms with Crippen LogP contribution in [0.15, 0.2) is 18.2 Å². The zero-order chi connectivity index (χ0) is 15.4. The number of hydrogen-bond donors (Lipinski definition) is 0. The van der Waals surface area contributed by atoms with Crippen LogP contribution in [-0.4, -0.2) is 18.3 Å². The third-order valence-corrected chi connectivity index (χ3v) is 6.18. The fourth-order valence-corrected chi connectivity index (χ4v) is 3.75. The van der Waals surface area contributed by atoms with Gasteiger partial charge in [0.15, 0.2) is 0 Å². The van der Waals surface area contributed by atoms with Crippen LogP contribution in [-0.2, 0) is 15.7 Å². The van der Waals surface area contributed by atoms with Crippen molar-refractivity contribution in [2.24, 2.45) is 0 Å². The Morgan fingerprint density at radius 1 is 1.05 bits per heavy atom. The molecule has 1 saturated heterocycles. The van der Waals surface area contributed by atoms with Gasteiger partial charge in [-0.2, -0.15) is 0 Å². The van der Waals surface area contributed by atoms with Crippen LogP contribution in [0.3, 0.4) is 0 Å². The molecular weight excluding hydrogens is 279 g/mol. The Labute approximate surface area is 131 Å². The van der Waals surface area contributed by atoms with Gasteiger partial charge in [-0.15, -0.1) is 11.3 Å². The standard InChI is InChI=1S/C17H23BO2S/c1-7-14-10-12-9-13(8-11(2)15(12)21-14)18-19-16(3,4)17(5,6)20-18/h8-10H,7H2,1-6H3. The van der Waals surface area contributed by atoms with Crippen molar-refractivity contribution in [2.75, 3.05) is 0 Å². The number of rotatable bonds is 2. The first-order valence-corrected chi connectivity index (χ1v) is 8.44. The van der Waals surface area contributed by atoms with Gasteiger partial charge in [-0.05, 0) is 63.5 Å². The maximum absolute atomic E-state index is 6.17. The highest BCUT2D eigenvalue weighted by Gasteiger charge is 2.51. The summed E-state index contributed by atoms with van der Waals surface area (Å²) in [6, 6.07) is 6.72. The van der Waals surface area contributed by atoms with Gasteiger partial charge < -0.3 is 9.31 Å². The van der Waals surface area contributed by atoms with Crippen LogP contribution in [0.4, 0.5) is 0 Å².